The molecule has 1 N–H and O–H groups in total. The van der Waals surface area contributed by atoms with Crippen molar-refractivity contribution in [2.45, 2.75) is 31.1 Å². The zero-order valence-electron chi connectivity index (χ0n) is 17.6. The number of nitrogens with one attached hydrogen (secondary N) is 1. The molecular formula is C22H26N2O6S. The van der Waals surface area contributed by atoms with Crippen LogP contribution in [0.15, 0.2) is 47.4 Å². The van der Waals surface area contributed by atoms with Gasteiger partial charge in [-0.3, -0.25) is 4.79 Å². The van der Waals surface area contributed by atoms with Crippen LogP contribution in [0.4, 0.5) is 5.69 Å². The van der Waals surface area contributed by atoms with Crippen LogP contribution < -0.4 is 10.1 Å². The number of esters is 1. The van der Waals surface area contributed by atoms with Gasteiger partial charge < -0.3 is 14.8 Å². The summed E-state index contributed by atoms with van der Waals surface area (Å²) >= 11 is 0. The molecule has 9 heteroatoms. The molecule has 1 aliphatic rings. The second-order valence-corrected chi connectivity index (χ2v) is 9.26. The van der Waals surface area contributed by atoms with Gasteiger partial charge in [-0.2, -0.15) is 4.31 Å². The quantitative estimate of drug-likeness (QED) is 0.656. The first-order valence-electron chi connectivity index (χ1n) is 10.0. The van der Waals surface area contributed by atoms with E-state index >= 15 is 0 Å². The second-order valence-electron chi connectivity index (χ2n) is 7.32. The average Bonchev–Trinajstić information content (AvgIpc) is 2.78. The van der Waals surface area contributed by atoms with Gasteiger partial charge in [-0.05, 0) is 50.1 Å². The Morgan fingerprint density at radius 3 is 2.35 bits per heavy atom. The third-order valence-corrected chi connectivity index (χ3v) is 6.91. The van der Waals surface area contributed by atoms with Gasteiger partial charge in [-0.1, -0.05) is 24.1 Å². The van der Waals surface area contributed by atoms with E-state index in [1.54, 1.807) is 24.3 Å². The minimum Gasteiger partial charge on any atom is -0.495 e. The highest BCUT2D eigenvalue weighted by molar-refractivity contribution is 7.89. The minimum absolute atomic E-state index is 0.0714. The van der Waals surface area contributed by atoms with Crippen molar-refractivity contribution in [3.05, 3.63) is 53.6 Å². The van der Waals surface area contributed by atoms with Gasteiger partial charge in [0.1, 0.15) is 5.75 Å². The molecule has 1 aliphatic heterocycles. The minimum atomic E-state index is -3.67. The lowest BCUT2D eigenvalue weighted by Gasteiger charge is -2.26. The lowest BCUT2D eigenvalue weighted by molar-refractivity contribution is -0.119. The summed E-state index contributed by atoms with van der Waals surface area (Å²) in [7, 11) is -2.25. The van der Waals surface area contributed by atoms with Gasteiger partial charge in [-0.25, -0.2) is 13.2 Å². The third-order valence-electron chi connectivity index (χ3n) is 5.02. The molecule has 0 radical (unpaired) electrons. The van der Waals surface area contributed by atoms with E-state index < -0.39 is 28.5 Å². The lowest BCUT2D eigenvalue weighted by atomic mass is 10.1. The number of carbonyl (C=O) groups excluding carboxylic acids is 2. The summed E-state index contributed by atoms with van der Waals surface area (Å²) < 4.78 is 37.6. The number of anilines is 1. The molecule has 0 bridgehead atoms. The molecule has 2 aromatic rings. The molecular weight excluding hydrogens is 420 g/mol. The maximum absolute atomic E-state index is 12.9. The zero-order valence-corrected chi connectivity index (χ0v) is 18.4. The van der Waals surface area contributed by atoms with E-state index in [1.165, 1.54) is 29.6 Å². The maximum atomic E-state index is 12.9. The molecule has 0 saturated carbocycles. The first-order chi connectivity index (χ1) is 14.8. The summed E-state index contributed by atoms with van der Waals surface area (Å²) in [6.45, 7) is 2.34. The maximum Gasteiger partial charge on any atom is 0.338 e. The van der Waals surface area contributed by atoms with Gasteiger partial charge in [-0.15, -0.1) is 0 Å². The SMILES string of the molecule is COc1ccc(S(=O)(=O)N2CCCCC2)cc1NC(=O)COC(=O)c1ccc(C)cc1. The normalized spacial score (nSPS) is 14.6. The number of amides is 1. The van der Waals surface area contributed by atoms with Crippen molar-refractivity contribution in [3.63, 3.8) is 0 Å². The Morgan fingerprint density at radius 1 is 1.03 bits per heavy atom. The van der Waals surface area contributed by atoms with Crippen LogP contribution in [0.3, 0.4) is 0 Å². The van der Waals surface area contributed by atoms with E-state index in [2.05, 4.69) is 5.32 Å². The van der Waals surface area contributed by atoms with E-state index in [1.807, 2.05) is 6.92 Å². The molecule has 8 nitrogen and oxygen atoms in total. The summed E-state index contributed by atoms with van der Waals surface area (Å²) in [4.78, 5) is 24.5. The van der Waals surface area contributed by atoms with Crippen LogP contribution in [-0.4, -0.2) is 51.4 Å². The number of rotatable bonds is 7. The number of aryl methyl sites for hydroxylation is 1. The summed E-state index contributed by atoms with van der Waals surface area (Å²) in [5.74, 6) is -0.925. The van der Waals surface area contributed by atoms with E-state index in [0.717, 1.165) is 24.8 Å². The van der Waals surface area contributed by atoms with Crippen LogP contribution >= 0.6 is 0 Å². The van der Waals surface area contributed by atoms with E-state index in [0.29, 0.717) is 24.4 Å². The van der Waals surface area contributed by atoms with Gasteiger partial charge >= 0.3 is 5.97 Å². The highest BCUT2D eigenvalue weighted by atomic mass is 32.2. The van der Waals surface area contributed by atoms with Gasteiger partial charge in [0.2, 0.25) is 10.0 Å². The summed E-state index contributed by atoms with van der Waals surface area (Å²) in [6, 6.07) is 11.1. The van der Waals surface area contributed by atoms with E-state index in [9.17, 15) is 18.0 Å². The van der Waals surface area contributed by atoms with Gasteiger partial charge in [0.05, 0.1) is 23.3 Å². The van der Waals surface area contributed by atoms with Crippen LogP contribution in [-0.2, 0) is 19.6 Å². The van der Waals surface area contributed by atoms with Crippen molar-refractivity contribution in [1.29, 1.82) is 0 Å². The van der Waals surface area contributed by atoms with Crippen molar-refractivity contribution in [2.24, 2.45) is 0 Å². The number of piperidine rings is 1. The molecule has 0 spiro atoms. The van der Waals surface area contributed by atoms with Crippen LogP contribution in [0.25, 0.3) is 0 Å². The first kappa shape index (κ1) is 22.8. The predicted octanol–water partition coefficient (Wildman–Crippen LogP) is 2.97. The Balaban J connectivity index is 1.69. The lowest BCUT2D eigenvalue weighted by Crippen LogP contribution is -2.35. The fourth-order valence-electron chi connectivity index (χ4n) is 3.29. The fourth-order valence-corrected chi connectivity index (χ4v) is 4.83. The largest absolute Gasteiger partial charge is 0.495 e. The van der Waals surface area contributed by atoms with Gasteiger partial charge in [0.25, 0.3) is 5.91 Å². The smallest absolute Gasteiger partial charge is 0.338 e. The Hall–Kier alpha value is -2.91. The molecule has 3 rings (SSSR count). The molecule has 0 atom stereocenters. The third kappa shape index (κ3) is 5.62. The Morgan fingerprint density at radius 2 is 1.71 bits per heavy atom. The van der Waals surface area contributed by atoms with Crippen LogP contribution in [0, 0.1) is 6.92 Å². The molecule has 1 heterocycles. The van der Waals surface area contributed by atoms with Crippen molar-refractivity contribution >= 4 is 27.6 Å². The summed E-state index contributed by atoms with van der Waals surface area (Å²) in [5, 5.41) is 2.57. The topological polar surface area (TPSA) is 102 Å². The van der Waals surface area contributed by atoms with Gasteiger partial charge in [0, 0.05) is 13.1 Å². The predicted molar refractivity (Wildman–Crippen MR) is 116 cm³/mol. The van der Waals surface area contributed by atoms with E-state index in [4.69, 9.17) is 9.47 Å². The molecule has 166 valence electrons. The number of ether oxygens (including phenoxy) is 2. The molecule has 31 heavy (non-hydrogen) atoms. The number of carbonyl (C=O) groups is 2. The molecule has 1 amide bonds. The zero-order chi connectivity index (χ0) is 22.4. The Bertz CT molecular complexity index is 1040. The van der Waals surface area contributed by atoms with Crippen molar-refractivity contribution in [2.75, 3.05) is 32.1 Å². The second kappa shape index (κ2) is 9.93. The molecule has 0 aromatic heterocycles. The molecule has 1 fully saturated rings. The highest BCUT2D eigenvalue weighted by Gasteiger charge is 2.27. The number of sulfonamides is 1. The summed E-state index contributed by atoms with van der Waals surface area (Å²) in [6.07, 6.45) is 2.66. The number of benzene rings is 2. The number of hydrogen-bond acceptors (Lipinski definition) is 6. The monoisotopic (exact) mass is 446 g/mol. The number of methoxy groups -OCH3 is 1. The first-order valence-corrected chi connectivity index (χ1v) is 11.5. The highest BCUT2D eigenvalue weighted by Crippen LogP contribution is 2.30. The molecule has 0 unspecified atom stereocenters. The number of nitrogens with zero attached hydrogens (tertiary/aromatic N) is 1. The van der Waals surface area contributed by atoms with E-state index in [-0.39, 0.29) is 10.6 Å². The van der Waals surface area contributed by atoms with Gasteiger partial charge in [0.15, 0.2) is 6.61 Å². The van der Waals surface area contributed by atoms with Crippen molar-refractivity contribution < 1.29 is 27.5 Å². The number of hydrogen-bond donors (Lipinski definition) is 1. The molecule has 2 aromatic carbocycles. The van der Waals surface area contributed by atoms with Crippen LogP contribution in [0.1, 0.15) is 35.2 Å². The van der Waals surface area contributed by atoms with Crippen LogP contribution in [0.2, 0.25) is 0 Å². The van der Waals surface area contributed by atoms with Crippen LogP contribution in [0.5, 0.6) is 5.75 Å². The standard InChI is InChI=1S/C22H26N2O6S/c1-16-6-8-17(9-7-16)22(26)30-15-21(25)23-19-14-18(10-11-20(19)29-2)31(27,28)24-12-4-3-5-13-24/h6-11,14H,3-5,12-13,15H2,1-2H3,(H,23,25). The average molecular weight is 447 g/mol. The van der Waals surface area contributed by atoms with Crippen molar-refractivity contribution in [1.82, 2.24) is 4.31 Å². The van der Waals surface area contributed by atoms with Crippen molar-refractivity contribution in [3.8, 4) is 5.75 Å². The molecule has 0 aliphatic carbocycles. The fraction of sp³-hybridized carbons (Fsp3) is 0.364. The Labute approximate surface area is 182 Å². The Kier molecular flexibility index (Phi) is 7.29. The summed E-state index contributed by atoms with van der Waals surface area (Å²) in [5.41, 5.74) is 1.53. The molecule has 1 saturated heterocycles.